The maximum atomic E-state index is 10.3. The van der Waals surface area contributed by atoms with Gasteiger partial charge in [0.05, 0.1) is 14.2 Å². The summed E-state index contributed by atoms with van der Waals surface area (Å²) in [5, 5.41) is 10.3. The van der Waals surface area contributed by atoms with E-state index in [-0.39, 0.29) is 19.0 Å². The zero-order valence-electron chi connectivity index (χ0n) is 15.7. The van der Waals surface area contributed by atoms with Crippen molar-refractivity contribution in [1.29, 1.82) is 0 Å². The minimum Gasteiger partial charge on any atom is -0.493 e. The summed E-state index contributed by atoms with van der Waals surface area (Å²) in [4.78, 5) is 2.23. The summed E-state index contributed by atoms with van der Waals surface area (Å²) < 4.78 is 16.4. The topological polar surface area (TPSA) is 77.2 Å². The number of aliphatic hydroxyl groups is 1. The molecule has 0 saturated heterocycles. The lowest BCUT2D eigenvalue weighted by atomic mass is 9.98. The number of rotatable bonds is 7. The molecule has 0 saturated carbocycles. The van der Waals surface area contributed by atoms with E-state index < -0.39 is 6.10 Å². The third-order valence-corrected chi connectivity index (χ3v) is 4.59. The number of ether oxygens (including phenoxy) is 3. The lowest BCUT2D eigenvalue weighted by Gasteiger charge is -2.31. The normalized spacial score (nSPS) is 14.6. The second-order valence-corrected chi connectivity index (χ2v) is 6.49. The van der Waals surface area contributed by atoms with Gasteiger partial charge in [-0.2, -0.15) is 0 Å². The van der Waals surface area contributed by atoms with Crippen molar-refractivity contribution in [3.05, 3.63) is 47.5 Å². The molecule has 1 aliphatic heterocycles. The SMILES string of the molecule is COc1cc2c(cc1OC)CN(CC(O)COc1ccc(N)cc1)CC2.Cl. The maximum absolute atomic E-state index is 10.3. The van der Waals surface area contributed by atoms with Gasteiger partial charge in [-0.15, -0.1) is 12.4 Å². The Morgan fingerprint density at radius 2 is 1.70 bits per heavy atom. The van der Waals surface area contributed by atoms with Gasteiger partial charge >= 0.3 is 0 Å². The Bertz CT molecular complexity index is 740. The van der Waals surface area contributed by atoms with Crippen molar-refractivity contribution in [2.24, 2.45) is 0 Å². The van der Waals surface area contributed by atoms with Crippen molar-refractivity contribution in [3.8, 4) is 17.2 Å². The Morgan fingerprint density at radius 3 is 2.33 bits per heavy atom. The van der Waals surface area contributed by atoms with Crippen LogP contribution < -0.4 is 19.9 Å². The molecule has 7 heteroatoms. The van der Waals surface area contributed by atoms with Crippen molar-refractivity contribution in [2.45, 2.75) is 19.1 Å². The molecule has 1 heterocycles. The minimum absolute atomic E-state index is 0. The third kappa shape index (κ3) is 5.42. The molecule has 0 fully saturated rings. The maximum Gasteiger partial charge on any atom is 0.161 e. The number of fused-ring (bicyclic) bond motifs is 1. The molecule has 0 aromatic heterocycles. The molecule has 1 aliphatic rings. The van der Waals surface area contributed by atoms with Crippen LogP contribution in [-0.4, -0.2) is 50.0 Å². The first-order chi connectivity index (χ1) is 12.6. The Labute approximate surface area is 166 Å². The van der Waals surface area contributed by atoms with E-state index in [0.717, 1.165) is 31.0 Å². The first kappa shape index (κ1) is 21.2. The number of hydrogen-bond acceptors (Lipinski definition) is 6. The van der Waals surface area contributed by atoms with E-state index in [1.165, 1.54) is 11.1 Å². The van der Waals surface area contributed by atoms with Crippen molar-refractivity contribution < 1.29 is 19.3 Å². The highest BCUT2D eigenvalue weighted by Gasteiger charge is 2.21. The van der Waals surface area contributed by atoms with Gasteiger partial charge in [0.1, 0.15) is 18.5 Å². The molecule has 1 atom stereocenters. The fourth-order valence-electron chi connectivity index (χ4n) is 3.20. The van der Waals surface area contributed by atoms with E-state index >= 15 is 0 Å². The van der Waals surface area contributed by atoms with E-state index in [1.807, 2.05) is 12.1 Å². The standard InChI is InChI=1S/C20H26N2O4.ClH/c1-24-19-9-14-7-8-22(11-15(14)10-20(19)25-2)12-17(23)13-26-18-5-3-16(21)4-6-18;/h3-6,9-10,17,23H,7-8,11-13,21H2,1-2H3;1H. The van der Waals surface area contributed by atoms with Gasteiger partial charge in [-0.3, -0.25) is 4.90 Å². The summed E-state index contributed by atoms with van der Waals surface area (Å²) in [5.41, 5.74) is 8.83. The van der Waals surface area contributed by atoms with Gasteiger partial charge < -0.3 is 25.1 Å². The number of nitrogens with zero attached hydrogens (tertiary/aromatic N) is 1. The lowest BCUT2D eigenvalue weighted by molar-refractivity contribution is 0.0637. The van der Waals surface area contributed by atoms with Crippen LogP contribution in [0.5, 0.6) is 17.2 Å². The van der Waals surface area contributed by atoms with E-state index in [1.54, 1.807) is 38.5 Å². The number of methoxy groups -OCH3 is 2. The minimum atomic E-state index is -0.561. The fourth-order valence-corrected chi connectivity index (χ4v) is 3.20. The number of halogens is 1. The zero-order chi connectivity index (χ0) is 18.5. The van der Waals surface area contributed by atoms with Gasteiger partial charge in [0.2, 0.25) is 0 Å². The molecule has 0 aliphatic carbocycles. The molecule has 0 spiro atoms. The number of nitrogens with two attached hydrogens (primary N) is 1. The van der Waals surface area contributed by atoms with Crippen LogP contribution in [0.3, 0.4) is 0 Å². The summed E-state index contributed by atoms with van der Waals surface area (Å²) in [6, 6.07) is 11.2. The smallest absolute Gasteiger partial charge is 0.161 e. The second kappa shape index (κ2) is 9.69. The Kier molecular flexibility index (Phi) is 7.59. The molecule has 27 heavy (non-hydrogen) atoms. The summed E-state index contributed by atoms with van der Waals surface area (Å²) in [7, 11) is 3.29. The van der Waals surface area contributed by atoms with E-state index in [9.17, 15) is 5.11 Å². The van der Waals surface area contributed by atoms with Crippen LogP contribution in [0.2, 0.25) is 0 Å². The molecule has 6 nitrogen and oxygen atoms in total. The predicted octanol–water partition coefficient (Wildman–Crippen LogP) is 2.51. The largest absolute Gasteiger partial charge is 0.493 e. The highest BCUT2D eigenvalue weighted by Crippen LogP contribution is 2.33. The average molecular weight is 395 g/mol. The van der Waals surface area contributed by atoms with Crippen LogP contribution in [0, 0.1) is 0 Å². The average Bonchev–Trinajstić information content (AvgIpc) is 2.66. The van der Waals surface area contributed by atoms with Crippen molar-refractivity contribution in [2.75, 3.05) is 39.6 Å². The van der Waals surface area contributed by atoms with Gasteiger partial charge in [0.15, 0.2) is 11.5 Å². The van der Waals surface area contributed by atoms with Crippen LogP contribution in [0.25, 0.3) is 0 Å². The van der Waals surface area contributed by atoms with Crippen molar-refractivity contribution in [1.82, 2.24) is 4.90 Å². The van der Waals surface area contributed by atoms with Gasteiger partial charge in [-0.1, -0.05) is 0 Å². The molecule has 3 rings (SSSR count). The quantitative estimate of drug-likeness (QED) is 0.702. The fraction of sp³-hybridized carbons (Fsp3) is 0.400. The molecule has 2 aromatic rings. The number of β-amino-alcohol motifs (C(OH)–C–C–N with tert-alkyl or cyclic N) is 1. The Morgan fingerprint density at radius 1 is 1.07 bits per heavy atom. The third-order valence-electron chi connectivity index (χ3n) is 4.59. The van der Waals surface area contributed by atoms with Crippen molar-refractivity contribution in [3.63, 3.8) is 0 Å². The first-order valence-electron chi connectivity index (χ1n) is 8.71. The molecule has 3 N–H and O–H groups in total. The molecule has 148 valence electrons. The van der Waals surface area contributed by atoms with Crippen LogP contribution >= 0.6 is 12.4 Å². The summed E-state index contributed by atoms with van der Waals surface area (Å²) >= 11 is 0. The van der Waals surface area contributed by atoms with Crippen LogP contribution in [0.4, 0.5) is 5.69 Å². The zero-order valence-corrected chi connectivity index (χ0v) is 16.5. The number of nitrogen functional groups attached to an aromatic ring is 1. The molecular formula is C20H27ClN2O4. The summed E-state index contributed by atoms with van der Waals surface area (Å²) in [5.74, 6) is 2.20. The number of hydrogen-bond donors (Lipinski definition) is 2. The number of aliphatic hydroxyl groups excluding tert-OH is 1. The first-order valence-corrected chi connectivity index (χ1v) is 8.71. The second-order valence-electron chi connectivity index (χ2n) is 6.49. The molecule has 0 radical (unpaired) electrons. The monoisotopic (exact) mass is 394 g/mol. The number of anilines is 1. The van der Waals surface area contributed by atoms with Gasteiger partial charge in [-0.25, -0.2) is 0 Å². The predicted molar refractivity (Wildman–Crippen MR) is 108 cm³/mol. The van der Waals surface area contributed by atoms with E-state index in [2.05, 4.69) is 4.90 Å². The molecule has 0 bridgehead atoms. The van der Waals surface area contributed by atoms with Crippen LogP contribution in [0.15, 0.2) is 36.4 Å². The lowest BCUT2D eigenvalue weighted by Crippen LogP contribution is -2.38. The van der Waals surface area contributed by atoms with Crippen molar-refractivity contribution >= 4 is 18.1 Å². The van der Waals surface area contributed by atoms with Gasteiger partial charge in [0.25, 0.3) is 0 Å². The Hall–Kier alpha value is -2.15. The van der Waals surface area contributed by atoms with Gasteiger partial charge in [-0.05, 0) is 53.9 Å². The molecular weight excluding hydrogens is 368 g/mol. The molecule has 1 unspecified atom stereocenters. The summed E-state index contributed by atoms with van der Waals surface area (Å²) in [6.45, 7) is 2.47. The van der Waals surface area contributed by atoms with Crippen LogP contribution in [-0.2, 0) is 13.0 Å². The van der Waals surface area contributed by atoms with E-state index in [4.69, 9.17) is 19.9 Å². The number of benzene rings is 2. The highest BCUT2D eigenvalue weighted by atomic mass is 35.5. The molecule has 2 aromatic carbocycles. The van der Waals surface area contributed by atoms with E-state index in [0.29, 0.717) is 18.0 Å². The summed E-state index contributed by atoms with van der Waals surface area (Å²) in [6.07, 6.45) is 0.357. The highest BCUT2D eigenvalue weighted by molar-refractivity contribution is 5.85. The Balaban J connectivity index is 0.00000261. The van der Waals surface area contributed by atoms with Crippen LogP contribution in [0.1, 0.15) is 11.1 Å². The molecule has 0 amide bonds. The van der Waals surface area contributed by atoms with Gasteiger partial charge in [0, 0.05) is 25.3 Å².